The molecule has 1 aliphatic rings. The van der Waals surface area contributed by atoms with Crippen molar-refractivity contribution in [1.82, 2.24) is 20.1 Å². The molecule has 2 rings (SSSR count). The molecule has 0 unspecified atom stereocenters. The lowest BCUT2D eigenvalue weighted by Crippen LogP contribution is -2.33. The predicted molar refractivity (Wildman–Crippen MR) is 94.1 cm³/mol. The molecule has 6 heteroatoms. The van der Waals surface area contributed by atoms with E-state index in [-0.39, 0.29) is 11.8 Å². The van der Waals surface area contributed by atoms with Crippen molar-refractivity contribution in [1.29, 1.82) is 0 Å². The van der Waals surface area contributed by atoms with Gasteiger partial charge in [-0.15, -0.1) is 0 Å². The van der Waals surface area contributed by atoms with E-state index >= 15 is 0 Å². The van der Waals surface area contributed by atoms with Gasteiger partial charge in [0.1, 0.15) is 11.4 Å². The Morgan fingerprint density at radius 2 is 1.79 bits per heavy atom. The number of rotatable bonds is 6. The van der Waals surface area contributed by atoms with Gasteiger partial charge in [-0.1, -0.05) is 18.9 Å². The van der Waals surface area contributed by atoms with E-state index in [4.69, 9.17) is 0 Å². The zero-order valence-electron chi connectivity index (χ0n) is 14.8. The van der Waals surface area contributed by atoms with Gasteiger partial charge in [0.05, 0.1) is 0 Å². The van der Waals surface area contributed by atoms with Crippen LogP contribution in [0.4, 0.5) is 0 Å². The fraction of sp³-hybridized carbons (Fsp3) is 0.611. The summed E-state index contributed by atoms with van der Waals surface area (Å²) in [6.07, 6.45) is 5.31. The summed E-state index contributed by atoms with van der Waals surface area (Å²) in [4.78, 5) is 33.0. The topological polar surface area (TPSA) is 65.5 Å². The first-order valence-electron chi connectivity index (χ1n) is 8.77. The molecule has 1 aromatic heterocycles. The summed E-state index contributed by atoms with van der Waals surface area (Å²) in [7, 11) is 4.00. The van der Waals surface area contributed by atoms with Crippen molar-refractivity contribution in [3.8, 4) is 0 Å². The fourth-order valence-corrected chi connectivity index (χ4v) is 2.80. The van der Waals surface area contributed by atoms with Gasteiger partial charge in [-0.05, 0) is 52.0 Å². The van der Waals surface area contributed by atoms with Crippen molar-refractivity contribution >= 4 is 11.8 Å². The Kier molecular flexibility index (Phi) is 7.18. The smallest absolute Gasteiger partial charge is 0.272 e. The lowest BCUT2D eigenvalue weighted by atomic mass is 10.2. The Balaban J connectivity index is 1.94. The van der Waals surface area contributed by atoms with E-state index < -0.39 is 0 Å². The molecule has 1 N–H and O–H groups in total. The molecule has 6 nitrogen and oxygen atoms in total. The van der Waals surface area contributed by atoms with Crippen LogP contribution in [0.3, 0.4) is 0 Å². The molecule has 2 heterocycles. The van der Waals surface area contributed by atoms with Crippen LogP contribution in [-0.4, -0.2) is 66.9 Å². The average molecular weight is 332 g/mol. The van der Waals surface area contributed by atoms with E-state index in [2.05, 4.69) is 15.2 Å². The largest absolute Gasteiger partial charge is 0.351 e. The first-order valence-corrected chi connectivity index (χ1v) is 8.77. The van der Waals surface area contributed by atoms with Crippen molar-refractivity contribution < 1.29 is 9.59 Å². The van der Waals surface area contributed by atoms with E-state index in [0.29, 0.717) is 17.9 Å². The van der Waals surface area contributed by atoms with Crippen LogP contribution in [0, 0.1) is 0 Å². The van der Waals surface area contributed by atoms with Crippen LogP contribution in [0.25, 0.3) is 0 Å². The fourth-order valence-electron chi connectivity index (χ4n) is 2.80. The number of likely N-dealkylation sites (tertiary alicyclic amines) is 1. The zero-order chi connectivity index (χ0) is 17.4. The third kappa shape index (κ3) is 5.60. The minimum atomic E-state index is -0.223. The first kappa shape index (κ1) is 18.4. The standard InChI is InChI=1S/C18H28N4O2/c1-21(2)12-8-11-19-17(23)15-9-7-10-16(20-15)18(24)22-13-5-3-4-6-14-22/h7,9-10H,3-6,8,11-14H2,1-2H3,(H,19,23). The first-order chi connectivity index (χ1) is 11.6. The van der Waals surface area contributed by atoms with Crippen molar-refractivity contribution in [2.45, 2.75) is 32.1 Å². The molecule has 0 spiro atoms. The van der Waals surface area contributed by atoms with Crippen LogP contribution >= 0.6 is 0 Å². The lowest BCUT2D eigenvalue weighted by Gasteiger charge is -2.19. The number of aromatic nitrogens is 1. The average Bonchev–Trinajstić information content (AvgIpc) is 2.87. The molecular formula is C18H28N4O2. The Morgan fingerprint density at radius 3 is 2.46 bits per heavy atom. The molecule has 1 fully saturated rings. The van der Waals surface area contributed by atoms with Gasteiger partial charge in [-0.2, -0.15) is 0 Å². The van der Waals surface area contributed by atoms with Gasteiger partial charge in [-0.3, -0.25) is 9.59 Å². The molecular weight excluding hydrogens is 304 g/mol. The van der Waals surface area contributed by atoms with Crippen LogP contribution < -0.4 is 5.32 Å². The molecule has 0 aliphatic carbocycles. The predicted octanol–water partition coefficient (Wildman–Crippen LogP) is 1.78. The summed E-state index contributed by atoms with van der Waals surface area (Å²) in [5.74, 6) is -0.293. The Hall–Kier alpha value is -1.95. The van der Waals surface area contributed by atoms with Crippen molar-refractivity contribution in [3.05, 3.63) is 29.6 Å². The SMILES string of the molecule is CN(C)CCCNC(=O)c1cccc(C(=O)N2CCCCCC2)n1. The van der Waals surface area contributed by atoms with E-state index in [1.54, 1.807) is 18.2 Å². The summed E-state index contributed by atoms with van der Waals surface area (Å²) < 4.78 is 0. The number of hydrogen-bond acceptors (Lipinski definition) is 4. The highest BCUT2D eigenvalue weighted by Gasteiger charge is 2.19. The van der Waals surface area contributed by atoms with Crippen molar-refractivity contribution in [2.24, 2.45) is 0 Å². The van der Waals surface area contributed by atoms with Gasteiger partial charge in [0.15, 0.2) is 0 Å². The maximum Gasteiger partial charge on any atom is 0.272 e. The maximum absolute atomic E-state index is 12.6. The summed E-state index contributed by atoms with van der Waals surface area (Å²) in [6, 6.07) is 5.07. The molecule has 0 radical (unpaired) electrons. The lowest BCUT2D eigenvalue weighted by molar-refractivity contribution is 0.0755. The maximum atomic E-state index is 12.6. The number of hydrogen-bond donors (Lipinski definition) is 1. The summed E-state index contributed by atoms with van der Waals surface area (Å²) in [5.41, 5.74) is 0.665. The summed E-state index contributed by atoms with van der Waals surface area (Å²) >= 11 is 0. The van der Waals surface area contributed by atoms with Gasteiger partial charge in [0.25, 0.3) is 11.8 Å². The summed E-state index contributed by atoms with van der Waals surface area (Å²) in [6.45, 7) is 3.08. The number of carbonyl (C=O) groups excluding carboxylic acids is 2. The van der Waals surface area contributed by atoms with E-state index in [1.165, 1.54) is 12.8 Å². The molecule has 1 aliphatic heterocycles. The minimum Gasteiger partial charge on any atom is -0.351 e. The van der Waals surface area contributed by atoms with Crippen molar-refractivity contribution in [3.63, 3.8) is 0 Å². The highest BCUT2D eigenvalue weighted by atomic mass is 16.2. The van der Waals surface area contributed by atoms with Crippen molar-refractivity contribution in [2.75, 3.05) is 40.3 Å². The number of pyridine rings is 1. The monoisotopic (exact) mass is 332 g/mol. The highest BCUT2D eigenvalue weighted by molar-refractivity contribution is 5.96. The quantitative estimate of drug-likeness (QED) is 0.807. The second kappa shape index (κ2) is 9.37. The summed E-state index contributed by atoms with van der Waals surface area (Å²) in [5, 5.41) is 2.86. The van der Waals surface area contributed by atoms with Crippen LogP contribution in [0.15, 0.2) is 18.2 Å². The molecule has 0 saturated carbocycles. The Labute approximate surface area is 144 Å². The normalized spacial score (nSPS) is 15.2. The number of nitrogens with one attached hydrogen (secondary N) is 1. The molecule has 24 heavy (non-hydrogen) atoms. The number of carbonyl (C=O) groups is 2. The third-order valence-corrected chi connectivity index (χ3v) is 4.16. The van der Waals surface area contributed by atoms with Crippen LogP contribution in [0.5, 0.6) is 0 Å². The molecule has 132 valence electrons. The Morgan fingerprint density at radius 1 is 1.12 bits per heavy atom. The third-order valence-electron chi connectivity index (χ3n) is 4.16. The Bertz CT molecular complexity index is 552. The van der Waals surface area contributed by atoms with Crippen LogP contribution in [-0.2, 0) is 0 Å². The molecule has 0 atom stereocenters. The van der Waals surface area contributed by atoms with E-state index in [1.807, 2.05) is 19.0 Å². The van der Waals surface area contributed by atoms with Gasteiger partial charge in [0, 0.05) is 19.6 Å². The van der Waals surface area contributed by atoms with Crippen LogP contribution in [0.1, 0.15) is 53.1 Å². The molecule has 0 bridgehead atoms. The highest BCUT2D eigenvalue weighted by Crippen LogP contribution is 2.12. The zero-order valence-corrected chi connectivity index (χ0v) is 14.8. The molecule has 1 saturated heterocycles. The number of nitrogens with zero attached hydrogens (tertiary/aromatic N) is 3. The van der Waals surface area contributed by atoms with E-state index in [9.17, 15) is 9.59 Å². The molecule has 0 aromatic carbocycles. The number of amides is 2. The second-order valence-corrected chi connectivity index (χ2v) is 6.53. The van der Waals surface area contributed by atoms with E-state index in [0.717, 1.165) is 38.9 Å². The van der Waals surface area contributed by atoms with Gasteiger partial charge >= 0.3 is 0 Å². The van der Waals surface area contributed by atoms with Gasteiger partial charge in [-0.25, -0.2) is 4.98 Å². The minimum absolute atomic E-state index is 0.0702. The molecule has 1 aromatic rings. The van der Waals surface area contributed by atoms with Gasteiger partial charge < -0.3 is 15.1 Å². The second-order valence-electron chi connectivity index (χ2n) is 6.53. The molecule has 2 amide bonds. The van der Waals surface area contributed by atoms with Gasteiger partial charge in [0.2, 0.25) is 0 Å². The van der Waals surface area contributed by atoms with Crippen LogP contribution in [0.2, 0.25) is 0 Å².